The third-order valence-electron chi connectivity index (χ3n) is 4.60. The molecular weight excluding hydrogens is 404 g/mol. The normalized spacial score (nSPS) is 10.5. The molecule has 162 valence electrons. The summed E-state index contributed by atoms with van der Waals surface area (Å²) < 4.78 is 11.2. The highest BCUT2D eigenvalue weighted by molar-refractivity contribution is 5.84. The van der Waals surface area contributed by atoms with Crippen LogP contribution in [0.3, 0.4) is 0 Å². The minimum Gasteiger partial charge on any atom is -0.539 e. The minimum atomic E-state index is -1.07. The first-order valence-corrected chi connectivity index (χ1v) is 9.37. The Morgan fingerprint density at radius 2 is 1.81 bits per heavy atom. The maximum absolute atomic E-state index is 12.8. The fourth-order valence-electron chi connectivity index (χ4n) is 2.96. The van der Waals surface area contributed by atoms with E-state index in [1.165, 1.54) is 28.6 Å². The second-order valence-corrected chi connectivity index (χ2v) is 6.75. The lowest BCUT2D eigenvalue weighted by molar-refractivity contribution is -0.678. The second kappa shape index (κ2) is 9.61. The lowest BCUT2D eigenvalue weighted by Gasteiger charge is -2.25. The maximum Gasteiger partial charge on any atom is 0.323 e. The number of ether oxygens (including phenoxy) is 1. The fraction of sp³-hybridized carbons (Fsp3) is 0.238. The predicted molar refractivity (Wildman–Crippen MR) is 107 cm³/mol. The first-order chi connectivity index (χ1) is 14.9. The zero-order chi connectivity index (χ0) is 22.4. The largest absolute Gasteiger partial charge is 0.539 e. The van der Waals surface area contributed by atoms with Gasteiger partial charge in [0.25, 0.3) is 5.69 Å². The maximum atomic E-state index is 12.8. The van der Waals surface area contributed by atoms with Gasteiger partial charge in [-0.1, -0.05) is 18.2 Å². The topological polar surface area (TPSA) is 123 Å². The highest BCUT2D eigenvalue weighted by Crippen LogP contribution is 2.19. The zero-order valence-electron chi connectivity index (χ0n) is 17.1. The van der Waals surface area contributed by atoms with Gasteiger partial charge in [-0.3, -0.25) is 9.59 Å². The standard InChI is InChI=1S/C21H22N4O6/c1-23(12-18-21(29)31-22-25(18)16-6-4-3-5-7-16)19(26)13-24(14-20(27)28)15-8-10-17(30-2)11-9-15/h3-11H,12-14H2,1-2H3,(H-,22,27,28,29). The van der Waals surface area contributed by atoms with Crippen LogP contribution in [0.2, 0.25) is 0 Å². The molecule has 3 rings (SSSR count). The minimum absolute atomic E-state index is 0.0560. The average molecular weight is 426 g/mol. The van der Waals surface area contributed by atoms with Crippen LogP contribution in [0.5, 0.6) is 11.7 Å². The Hall–Kier alpha value is -4.08. The van der Waals surface area contributed by atoms with Crippen molar-refractivity contribution < 1.29 is 33.7 Å². The number of hydrogen-bond acceptors (Lipinski definition) is 7. The molecule has 0 unspecified atom stereocenters. The molecule has 10 nitrogen and oxygen atoms in total. The highest BCUT2D eigenvalue weighted by atomic mass is 16.6. The van der Waals surface area contributed by atoms with Gasteiger partial charge >= 0.3 is 5.97 Å². The summed E-state index contributed by atoms with van der Waals surface area (Å²) in [5.41, 5.74) is 1.35. The van der Waals surface area contributed by atoms with E-state index in [4.69, 9.17) is 9.26 Å². The van der Waals surface area contributed by atoms with Crippen LogP contribution in [-0.2, 0) is 16.1 Å². The highest BCUT2D eigenvalue weighted by Gasteiger charge is 2.25. The number of anilines is 1. The number of aliphatic carboxylic acids is 1. The molecule has 0 bridgehead atoms. The molecule has 0 radical (unpaired) electrons. The van der Waals surface area contributed by atoms with Gasteiger partial charge in [-0.15, -0.1) is 0 Å². The van der Waals surface area contributed by atoms with Crippen LogP contribution in [0.25, 0.3) is 5.69 Å². The predicted octanol–water partition coefficient (Wildman–Crippen LogP) is 0.583. The summed E-state index contributed by atoms with van der Waals surface area (Å²) in [6.07, 6.45) is 0. The lowest BCUT2D eigenvalue weighted by atomic mass is 10.2. The van der Waals surface area contributed by atoms with Gasteiger partial charge in [0.2, 0.25) is 11.6 Å². The third-order valence-corrected chi connectivity index (χ3v) is 4.60. The molecule has 0 fully saturated rings. The van der Waals surface area contributed by atoms with Gasteiger partial charge in [0.05, 0.1) is 18.9 Å². The second-order valence-electron chi connectivity index (χ2n) is 6.75. The van der Waals surface area contributed by atoms with Crippen molar-refractivity contribution in [2.75, 3.05) is 32.1 Å². The Morgan fingerprint density at radius 1 is 1.13 bits per heavy atom. The Morgan fingerprint density at radius 3 is 2.42 bits per heavy atom. The van der Waals surface area contributed by atoms with E-state index in [1.807, 2.05) is 6.07 Å². The molecule has 1 N–H and O–H groups in total. The van der Waals surface area contributed by atoms with Crippen molar-refractivity contribution in [1.29, 1.82) is 0 Å². The van der Waals surface area contributed by atoms with Crippen molar-refractivity contribution in [3.63, 3.8) is 0 Å². The van der Waals surface area contributed by atoms with E-state index in [2.05, 4.69) is 5.27 Å². The Kier molecular flexibility index (Phi) is 6.71. The van der Waals surface area contributed by atoms with E-state index in [0.717, 1.165) is 0 Å². The molecular formula is C21H22N4O6. The first-order valence-electron chi connectivity index (χ1n) is 9.37. The van der Waals surface area contributed by atoms with Gasteiger partial charge in [-0.2, -0.15) is 0 Å². The molecule has 0 spiro atoms. The van der Waals surface area contributed by atoms with Crippen molar-refractivity contribution in [3.05, 3.63) is 60.3 Å². The van der Waals surface area contributed by atoms with Gasteiger partial charge in [-0.25, -0.2) is 0 Å². The first kappa shape index (κ1) is 21.6. The van der Waals surface area contributed by atoms with Crippen molar-refractivity contribution >= 4 is 17.6 Å². The average Bonchev–Trinajstić information content (AvgIpc) is 3.13. The molecule has 0 atom stereocenters. The SMILES string of the molecule is COc1ccc(N(CC(=O)O)CC(=O)N(C)Cc2c([O-])on[n+]2-c2ccccc2)cc1. The summed E-state index contributed by atoms with van der Waals surface area (Å²) in [6.45, 7) is -0.616. The number of amides is 1. The fourth-order valence-corrected chi connectivity index (χ4v) is 2.96. The molecule has 1 aromatic heterocycles. The molecule has 0 saturated carbocycles. The van der Waals surface area contributed by atoms with Crippen molar-refractivity contribution in [3.8, 4) is 17.4 Å². The molecule has 0 aliphatic heterocycles. The number of rotatable bonds is 9. The van der Waals surface area contributed by atoms with Crippen molar-refractivity contribution in [2.24, 2.45) is 0 Å². The molecule has 0 aliphatic carbocycles. The van der Waals surface area contributed by atoms with Gasteiger partial charge in [-0.05, 0) is 28.9 Å². The molecule has 31 heavy (non-hydrogen) atoms. The quantitative estimate of drug-likeness (QED) is 0.493. The Bertz CT molecular complexity index is 1040. The van der Waals surface area contributed by atoms with Crippen LogP contribution in [-0.4, -0.2) is 54.4 Å². The zero-order valence-corrected chi connectivity index (χ0v) is 17.1. The van der Waals surface area contributed by atoms with Crippen LogP contribution in [0, 0.1) is 0 Å². The number of benzene rings is 2. The van der Waals surface area contributed by atoms with Gasteiger partial charge < -0.3 is 29.3 Å². The number of likely N-dealkylation sites (N-methyl/N-ethyl adjacent to an activating group) is 1. The molecule has 10 heteroatoms. The summed E-state index contributed by atoms with van der Waals surface area (Å²) in [5.74, 6) is -1.49. The molecule has 0 aliphatic rings. The van der Waals surface area contributed by atoms with E-state index < -0.39 is 11.9 Å². The summed E-state index contributed by atoms with van der Waals surface area (Å²) >= 11 is 0. The van der Waals surface area contributed by atoms with Crippen LogP contribution in [0.15, 0.2) is 59.1 Å². The summed E-state index contributed by atoms with van der Waals surface area (Å²) in [4.78, 5) is 26.9. The van der Waals surface area contributed by atoms with Gasteiger partial charge in [0.15, 0.2) is 5.95 Å². The Balaban J connectivity index is 1.75. The van der Waals surface area contributed by atoms with E-state index in [-0.39, 0.29) is 31.2 Å². The van der Waals surface area contributed by atoms with E-state index in [1.54, 1.807) is 48.5 Å². The number of methoxy groups -OCH3 is 1. The van der Waals surface area contributed by atoms with E-state index >= 15 is 0 Å². The van der Waals surface area contributed by atoms with Crippen LogP contribution in [0.4, 0.5) is 5.69 Å². The van der Waals surface area contributed by atoms with Gasteiger partial charge in [0, 0.05) is 24.9 Å². The molecule has 3 aromatic rings. The monoisotopic (exact) mass is 426 g/mol. The lowest BCUT2D eigenvalue weighted by Crippen LogP contribution is -2.44. The number of carbonyl (C=O) groups is 2. The number of aromatic nitrogens is 2. The number of carboxylic acid groups (broad SMARTS) is 1. The van der Waals surface area contributed by atoms with Crippen LogP contribution >= 0.6 is 0 Å². The molecule has 0 saturated heterocycles. The van der Waals surface area contributed by atoms with E-state index in [0.29, 0.717) is 17.1 Å². The number of hydrogen-bond donors (Lipinski definition) is 1. The summed E-state index contributed by atoms with van der Waals surface area (Å²) in [5, 5.41) is 25.1. The Labute approximate surface area is 178 Å². The number of carboxylic acids is 1. The molecule has 1 heterocycles. The number of nitrogens with zero attached hydrogens (tertiary/aromatic N) is 4. The summed E-state index contributed by atoms with van der Waals surface area (Å²) in [7, 11) is 3.05. The van der Waals surface area contributed by atoms with Gasteiger partial charge in [0.1, 0.15) is 18.8 Å². The molecule has 2 aromatic carbocycles. The molecule has 1 amide bonds. The van der Waals surface area contributed by atoms with E-state index in [9.17, 15) is 19.8 Å². The number of carbonyl (C=O) groups excluding carboxylic acids is 1. The van der Waals surface area contributed by atoms with Crippen molar-refractivity contribution in [1.82, 2.24) is 10.2 Å². The smallest absolute Gasteiger partial charge is 0.323 e. The van der Waals surface area contributed by atoms with Crippen LogP contribution in [0.1, 0.15) is 5.69 Å². The van der Waals surface area contributed by atoms with Crippen molar-refractivity contribution in [2.45, 2.75) is 6.54 Å². The third kappa shape index (κ3) is 5.30. The van der Waals surface area contributed by atoms with Crippen LogP contribution < -0.4 is 19.4 Å². The number of para-hydroxylation sites is 1. The summed E-state index contributed by atoms with van der Waals surface area (Å²) in [6, 6.07) is 15.6.